The van der Waals surface area contributed by atoms with Crippen LogP contribution in [0.4, 0.5) is 5.69 Å². The van der Waals surface area contributed by atoms with E-state index in [1.54, 1.807) is 24.3 Å². The number of para-hydroxylation sites is 1. The monoisotopic (exact) mass is 349 g/mol. The summed E-state index contributed by atoms with van der Waals surface area (Å²) >= 11 is 0. The number of anilines is 1. The number of allylic oxidation sites excluding steroid dienone is 2. The summed E-state index contributed by atoms with van der Waals surface area (Å²) in [5, 5.41) is 13.0. The molecule has 4 rings (SSSR count). The highest BCUT2D eigenvalue weighted by molar-refractivity contribution is 5.95. The maximum atomic E-state index is 11.6. The van der Waals surface area contributed by atoms with E-state index in [4.69, 9.17) is 4.74 Å². The Kier molecular flexibility index (Phi) is 3.99. The zero-order valence-electron chi connectivity index (χ0n) is 14.3. The van der Waals surface area contributed by atoms with Crippen molar-refractivity contribution in [2.75, 3.05) is 5.32 Å². The third-order valence-corrected chi connectivity index (χ3v) is 5.13. The first-order valence-electron chi connectivity index (χ1n) is 8.62. The SMILES string of the molecule is CC(=O)Oc1ccc([C@@H]2Nc3c(C(=O)O)cccc3[C@H]3C=CC[C@H]32)cc1. The number of carboxylic acids is 1. The molecule has 0 fully saturated rings. The molecule has 0 saturated heterocycles. The second-order valence-corrected chi connectivity index (χ2v) is 6.71. The van der Waals surface area contributed by atoms with Crippen molar-refractivity contribution in [1.82, 2.24) is 0 Å². The highest BCUT2D eigenvalue weighted by Crippen LogP contribution is 2.50. The Labute approximate surface area is 151 Å². The van der Waals surface area contributed by atoms with Crippen LogP contribution in [0.25, 0.3) is 0 Å². The van der Waals surface area contributed by atoms with Gasteiger partial charge in [0, 0.05) is 12.8 Å². The highest BCUT2D eigenvalue weighted by atomic mass is 16.5. The number of esters is 1. The van der Waals surface area contributed by atoms with Crippen molar-refractivity contribution in [2.24, 2.45) is 5.92 Å². The first-order chi connectivity index (χ1) is 12.5. The smallest absolute Gasteiger partial charge is 0.337 e. The fraction of sp³-hybridized carbons (Fsp3) is 0.238. The minimum atomic E-state index is -0.932. The van der Waals surface area contributed by atoms with Gasteiger partial charge in [-0.1, -0.05) is 36.4 Å². The van der Waals surface area contributed by atoms with Gasteiger partial charge in [0.2, 0.25) is 0 Å². The maximum absolute atomic E-state index is 11.6. The third-order valence-electron chi connectivity index (χ3n) is 5.13. The molecule has 2 N–H and O–H groups in total. The molecule has 1 heterocycles. The molecule has 0 bridgehead atoms. The molecule has 5 nitrogen and oxygen atoms in total. The van der Waals surface area contributed by atoms with Gasteiger partial charge in [0.05, 0.1) is 17.3 Å². The van der Waals surface area contributed by atoms with Gasteiger partial charge in [-0.3, -0.25) is 4.79 Å². The number of carbonyl (C=O) groups is 2. The lowest BCUT2D eigenvalue weighted by Gasteiger charge is -2.38. The van der Waals surface area contributed by atoms with Gasteiger partial charge >= 0.3 is 11.9 Å². The number of aromatic carboxylic acids is 1. The van der Waals surface area contributed by atoms with Gasteiger partial charge in [-0.25, -0.2) is 4.79 Å². The molecule has 0 radical (unpaired) electrons. The van der Waals surface area contributed by atoms with Crippen LogP contribution in [0.2, 0.25) is 0 Å². The van der Waals surface area contributed by atoms with Crippen molar-refractivity contribution in [2.45, 2.75) is 25.3 Å². The average Bonchev–Trinajstić information content (AvgIpc) is 3.10. The fourth-order valence-corrected chi connectivity index (χ4v) is 4.04. The number of ether oxygens (including phenoxy) is 1. The van der Waals surface area contributed by atoms with Crippen LogP contribution in [0.3, 0.4) is 0 Å². The zero-order chi connectivity index (χ0) is 18.3. The lowest BCUT2D eigenvalue weighted by molar-refractivity contribution is -0.131. The number of carboxylic acid groups (broad SMARTS) is 1. The van der Waals surface area contributed by atoms with Crippen LogP contribution in [0.15, 0.2) is 54.6 Å². The zero-order valence-corrected chi connectivity index (χ0v) is 14.3. The van der Waals surface area contributed by atoms with Crippen LogP contribution in [-0.4, -0.2) is 17.0 Å². The van der Waals surface area contributed by atoms with Gasteiger partial charge in [-0.15, -0.1) is 0 Å². The van der Waals surface area contributed by atoms with E-state index in [1.807, 2.05) is 18.2 Å². The van der Waals surface area contributed by atoms with E-state index in [0.29, 0.717) is 22.9 Å². The number of hydrogen-bond donors (Lipinski definition) is 2. The van der Waals surface area contributed by atoms with Crippen molar-refractivity contribution in [1.29, 1.82) is 0 Å². The molecule has 5 heteroatoms. The van der Waals surface area contributed by atoms with Crippen molar-refractivity contribution in [3.8, 4) is 5.75 Å². The van der Waals surface area contributed by atoms with E-state index in [0.717, 1.165) is 17.5 Å². The lowest BCUT2D eigenvalue weighted by atomic mass is 9.76. The van der Waals surface area contributed by atoms with Crippen LogP contribution in [-0.2, 0) is 4.79 Å². The third kappa shape index (κ3) is 2.75. The quantitative estimate of drug-likeness (QED) is 0.495. The van der Waals surface area contributed by atoms with Gasteiger partial charge in [0.25, 0.3) is 0 Å². The van der Waals surface area contributed by atoms with Gasteiger partial charge in [-0.05, 0) is 41.7 Å². The summed E-state index contributed by atoms with van der Waals surface area (Å²) in [5.74, 6) is -0.257. The molecule has 132 valence electrons. The first kappa shape index (κ1) is 16.4. The van der Waals surface area contributed by atoms with Gasteiger partial charge < -0.3 is 15.2 Å². The van der Waals surface area contributed by atoms with Crippen LogP contribution >= 0.6 is 0 Å². The predicted molar refractivity (Wildman–Crippen MR) is 97.5 cm³/mol. The summed E-state index contributed by atoms with van der Waals surface area (Å²) in [6, 6.07) is 12.8. The minimum Gasteiger partial charge on any atom is -0.478 e. The first-order valence-corrected chi connectivity index (χ1v) is 8.62. The number of nitrogens with one attached hydrogen (secondary N) is 1. The second kappa shape index (κ2) is 6.33. The normalized spacial score (nSPS) is 22.9. The van der Waals surface area contributed by atoms with Crippen LogP contribution < -0.4 is 10.1 Å². The van der Waals surface area contributed by atoms with Crippen molar-refractivity contribution >= 4 is 17.6 Å². The summed E-state index contributed by atoms with van der Waals surface area (Å²) in [7, 11) is 0. The van der Waals surface area contributed by atoms with Gasteiger partial charge in [0.1, 0.15) is 5.75 Å². The summed E-state index contributed by atoms with van der Waals surface area (Å²) in [4.78, 5) is 22.7. The average molecular weight is 349 g/mol. The molecule has 0 amide bonds. The number of fused-ring (bicyclic) bond motifs is 3. The van der Waals surface area contributed by atoms with Gasteiger partial charge in [0.15, 0.2) is 0 Å². The Balaban J connectivity index is 1.72. The van der Waals surface area contributed by atoms with E-state index < -0.39 is 5.97 Å². The number of rotatable bonds is 3. The molecular weight excluding hydrogens is 330 g/mol. The Bertz CT molecular complexity index is 901. The molecule has 26 heavy (non-hydrogen) atoms. The van der Waals surface area contributed by atoms with Crippen molar-refractivity contribution in [3.05, 3.63) is 71.3 Å². The van der Waals surface area contributed by atoms with E-state index in [9.17, 15) is 14.7 Å². The molecule has 2 aromatic carbocycles. The molecule has 0 unspecified atom stereocenters. The largest absolute Gasteiger partial charge is 0.478 e. The number of carbonyl (C=O) groups excluding carboxylic acids is 1. The topological polar surface area (TPSA) is 75.6 Å². The van der Waals surface area contributed by atoms with Crippen molar-refractivity contribution < 1.29 is 19.4 Å². The van der Waals surface area contributed by atoms with E-state index in [1.165, 1.54) is 6.92 Å². The Morgan fingerprint density at radius 1 is 1.15 bits per heavy atom. The Morgan fingerprint density at radius 3 is 2.62 bits per heavy atom. The molecule has 3 atom stereocenters. The van der Waals surface area contributed by atoms with Gasteiger partial charge in [-0.2, -0.15) is 0 Å². The molecule has 0 aromatic heterocycles. The molecule has 1 aliphatic heterocycles. The highest BCUT2D eigenvalue weighted by Gasteiger charge is 2.39. The standard InChI is InChI=1S/C21H19NO4/c1-12(23)26-14-10-8-13(9-11-14)19-16-5-2-4-15(16)17-6-3-7-18(21(24)25)20(17)22-19/h2-4,6-11,15-16,19,22H,5H2,1H3,(H,24,25)/t15-,16+,19-/m0/s1. The van der Waals surface area contributed by atoms with Crippen LogP contribution in [0.1, 0.15) is 46.8 Å². The van der Waals surface area contributed by atoms with Crippen LogP contribution in [0.5, 0.6) is 5.75 Å². The van der Waals surface area contributed by atoms with E-state index in [2.05, 4.69) is 17.5 Å². The predicted octanol–water partition coefficient (Wildman–Crippen LogP) is 4.14. The van der Waals surface area contributed by atoms with E-state index >= 15 is 0 Å². The summed E-state index contributed by atoms with van der Waals surface area (Å²) in [6.07, 6.45) is 5.28. The molecule has 2 aromatic rings. The molecular formula is C21H19NO4. The lowest BCUT2D eigenvalue weighted by Crippen LogP contribution is -2.30. The molecule has 0 saturated carbocycles. The minimum absolute atomic E-state index is 0.00521. The fourth-order valence-electron chi connectivity index (χ4n) is 4.04. The molecule has 2 aliphatic rings. The number of hydrogen-bond acceptors (Lipinski definition) is 4. The Hall–Kier alpha value is -3.08. The summed E-state index contributed by atoms with van der Waals surface area (Å²) in [5.41, 5.74) is 3.08. The summed E-state index contributed by atoms with van der Waals surface area (Å²) < 4.78 is 5.10. The molecule has 1 aliphatic carbocycles. The number of benzene rings is 2. The van der Waals surface area contributed by atoms with Crippen molar-refractivity contribution in [3.63, 3.8) is 0 Å². The van der Waals surface area contributed by atoms with Crippen LogP contribution in [0, 0.1) is 5.92 Å². The second-order valence-electron chi connectivity index (χ2n) is 6.71. The Morgan fingerprint density at radius 2 is 1.92 bits per heavy atom. The van der Waals surface area contributed by atoms with E-state index in [-0.39, 0.29) is 17.9 Å². The molecule has 0 spiro atoms. The maximum Gasteiger partial charge on any atom is 0.337 e. The summed E-state index contributed by atoms with van der Waals surface area (Å²) in [6.45, 7) is 1.37.